The van der Waals surface area contributed by atoms with Crippen molar-refractivity contribution >= 4 is 5.84 Å². The van der Waals surface area contributed by atoms with E-state index in [1.165, 1.54) is 19.3 Å². The monoisotopic (exact) mass is 238 g/mol. The highest BCUT2D eigenvalue weighted by molar-refractivity contribution is 5.98. The first-order valence-corrected chi connectivity index (χ1v) is 6.08. The number of unbranched alkanes of at least 4 members (excludes halogenated alkanes) is 3. The summed E-state index contributed by atoms with van der Waals surface area (Å²) in [5.41, 5.74) is 6.88. The number of hydrogen-bond acceptors (Lipinski definition) is 3. The quantitative estimate of drug-likeness (QED) is 0.433. The molecule has 0 atom stereocenters. The van der Waals surface area contributed by atoms with E-state index in [0.29, 0.717) is 18.1 Å². The number of nitrogens with two attached hydrogens (primary N) is 1. The van der Waals surface area contributed by atoms with E-state index in [4.69, 9.17) is 15.9 Å². The van der Waals surface area contributed by atoms with E-state index in [2.05, 4.69) is 12.0 Å². The Morgan fingerprint density at radius 3 is 2.71 bits per heavy atom. The summed E-state index contributed by atoms with van der Waals surface area (Å²) in [7, 11) is 1.81. The van der Waals surface area contributed by atoms with Crippen LogP contribution in [-0.4, -0.2) is 22.2 Å². The summed E-state index contributed by atoms with van der Waals surface area (Å²) in [4.78, 5) is 0. The smallest absolute Gasteiger partial charge is 0.223 e. The van der Waals surface area contributed by atoms with E-state index in [0.717, 1.165) is 12.1 Å². The molecule has 0 aliphatic carbocycles. The van der Waals surface area contributed by atoms with Crippen LogP contribution in [0.1, 0.15) is 43.9 Å². The van der Waals surface area contributed by atoms with Crippen molar-refractivity contribution in [3.63, 3.8) is 0 Å². The Morgan fingerprint density at radius 2 is 2.12 bits per heavy atom. The predicted octanol–water partition coefficient (Wildman–Crippen LogP) is 1.97. The third kappa shape index (κ3) is 3.47. The van der Waals surface area contributed by atoms with E-state index < -0.39 is 0 Å². The minimum absolute atomic E-state index is 0.0131. The maximum Gasteiger partial charge on any atom is 0.223 e. The van der Waals surface area contributed by atoms with Crippen LogP contribution >= 0.6 is 0 Å². The van der Waals surface area contributed by atoms with Gasteiger partial charge in [0.2, 0.25) is 5.88 Å². The fourth-order valence-corrected chi connectivity index (χ4v) is 1.81. The second-order valence-electron chi connectivity index (χ2n) is 4.21. The SMILES string of the molecule is CCCCCCOc1c(C(=N)N)c(C)nn1C. The van der Waals surface area contributed by atoms with Crippen molar-refractivity contribution in [3.05, 3.63) is 11.3 Å². The van der Waals surface area contributed by atoms with Gasteiger partial charge in [-0.2, -0.15) is 5.10 Å². The average Bonchev–Trinajstić information content (AvgIpc) is 2.53. The van der Waals surface area contributed by atoms with Crippen LogP contribution in [-0.2, 0) is 7.05 Å². The molecular weight excluding hydrogens is 216 g/mol. The molecule has 0 aliphatic rings. The molecular formula is C12H22N4O. The first kappa shape index (κ1) is 13.5. The van der Waals surface area contributed by atoms with Gasteiger partial charge in [0.05, 0.1) is 12.3 Å². The lowest BCUT2D eigenvalue weighted by molar-refractivity contribution is 0.279. The standard InChI is InChI=1S/C12H22N4O/c1-4-5-6-7-8-17-12-10(11(13)14)9(2)15-16(12)3/h4-8H2,1-3H3,(H3,13,14). The zero-order chi connectivity index (χ0) is 12.8. The Hall–Kier alpha value is -1.52. The lowest BCUT2D eigenvalue weighted by atomic mass is 10.2. The van der Waals surface area contributed by atoms with E-state index in [-0.39, 0.29) is 5.84 Å². The van der Waals surface area contributed by atoms with Crippen molar-refractivity contribution in [3.8, 4) is 5.88 Å². The molecule has 0 aliphatic heterocycles. The van der Waals surface area contributed by atoms with Crippen LogP contribution in [0.4, 0.5) is 0 Å². The van der Waals surface area contributed by atoms with Gasteiger partial charge in [0.15, 0.2) is 0 Å². The van der Waals surface area contributed by atoms with Crippen LogP contribution in [0.3, 0.4) is 0 Å². The Balaban J connectivity index is 2.61. The van der Waals surface area contributed by atoms with Crippen LogP contribution in [0.15, 0.2) is 0 Å². The maximum atomic E-state index is 7.52. The van der Waals surface area contributed by atoms with Crippen molar-refractivity contribution in [2.24, 2.45) is 12.8 Å². The summed E-state index contributed by atoms with van der Waals surface area (Å²) in [5.74, 6) is 0.616. The molecule has 0 amide bonds. The highest BCUT2D eigenvalue weighted by Crippen LogP contribution is 2.20. The van der Waals surface area contributed by atoms with Crippen molar-refractivity contribution in [1.29, 1.82) is 5.41 Å². The number of amidine groups is 1. The molecule has 5 heteroatoms. The van der Waals surface area contributed by atoms with Gasteiger partial charge in [-0.15, -0.1) is 0 Å². The number of ether oxygens (including phenoxy) is 1. The van der Waals surface area contributed by atoms with E-state index >= 15 is 0 Å². The van der Waals surface area contributed by atoms with Crippen LogP contribution in [0, 0.1) is 12.3 Å². The Labute approximate surface area is 102 Å². The third-order valence-corrected chi connectivity index (χ3v) is 2.68. The summed E-state index contributed by atoms with van der Waals surface area (Å²) in [5, 5.41) is 11.7. The minimum Gasteiger partial charge on any atom is -0.477 e. The number of nitrogens with zero attached hydrogens (tertiary/aromatic N) is 2. The number of nitrogen functional groups attached to an aromatic ring is 1. The molecule has 0 aromatic carbocycles. The maximum absolute atomic E-state index is 7.52. The van der Waals surface area contributed by atoms with Crippen LogP contribution in [0.5, 0.6) is 5.88 Å². The van der Waals surface area contributed by atoms with Gasteiger partial charge in [0.1, 0.15) is 11.4 Å². The molecule has 1 heterocycles. The fraction of sp³-hybridized carbons (Fsp3) is 0.667. The molecule has 0 saturated carbocycles. The van der Waals surface area contributed by atoms with Gasteiger partial charge in [-0.1, -0.05) is 26.2 Å². The molecule has 5 nitrogen and oxygen atoms in total. The zero-order valence-corrected chi connectivity index (χ0v) is 10.9. The van der Waals surface area contributed by atoms with Crippen molar-refractivity contribution in [2.75, 3.05) is 6.61 Å². The largest absolute Gasteiger partial charge is 0.477 e. The van der Waals surface area contributed by atoms with Gasteiger partial charge in [-0.3, -0.25) is 5.41 Å². The topological polar surface area (TPSA) is 76.9 Å². The molecule has 96 valence electrons. The lowest BCUT2D eigenvalue weighted by Crippen LogP contribution is -2.14. The molecule has 0 fully saturated rings. The molecule has 17 heavy (non-hydrogen) atoms. The highest BCUT2D eigenvalue weighted by atomic mass is 16.5. The Kier molecular flexibility index (Phi) is 5.00. The molecule has 0 spiro atoms. The van der Waals surface area contributed by atoms with E-state index in [9.17, 15) is 0 Å². The number of hydrogen-bond donors (Lipinski definition) is 2. The molecule has 0 bridgehead atoms. The molecule has 1 aromatic rings. The average molecular weight is 238 g/mol. The summed E-state index contributed by atoms with van der Waals surface area (Å²) in [6.07, 6.45) is 4.63. The molecule has 0 unspecified atom stereocenters. The third-order valence-electron chi connectivity index (χ3n) is 2.68. The van der Waals surface area contributed by atoms with Crippen LogP contribution in [0.25, 0.3) is 0 Å². The van der Waals surface area contributed by atoms with Gasteiger partial charge >= 0.3 is 0 Å². The van der Waals surface area contributed by atoms with Gasteiger partial charge in [0.25, 0.3) is 0 Å². The van der Waals surface area contributed by atoms with Crippen molar-refractivity contribution < 1.29 is 4.74 Å². The van der Waals surface area contributed by atoms with Gasteiger partial charge in [-0.05, 0) is 13.3 Å². The van der Waals surface area contributed by atoms with Gasteiger partial charge in [-0.25, -0.2) is 4.68 Å². The van der Waals surface area contributed by atoms with Crippen molar-refractivity contribution in [2.45, 2.75) is 39.5 Å². The van der Waals surface area contributed by atoms with Gasteiger partial charge < -0.3 is 10.5 Å². The number of rotatable bonds is 7. The zero-order valence-electron chi connectivity index (χ0n) is 10.9. The van der Waals surface area contributed by atoms with Crippen molar-refractivity contribution in [1.82, 2.24) is 9.78 Å². The highest BCUT2D eigenvalue weighted by Gasteiger charge is 2.16. The molecule has 1 rings (SSSR count). The van der Waals surface area contributed by atoms with Crippen LogP contribution in [0.2, 0.25) is 0 Å². The number of nitrogens with one attached hydrogen (secondary N) is 1. The fourth-order valence-electron chi connectivity index (χ4n) is 1.81. The lowest BCUT2D eigenvalue weighted by Gasteiger charge is -2.08. The summed E-state index contributed by atoms with van der Waals surface area (Å²) in [6, 6.07) is 0. The second kappa shape index (κ2) is 6.27. The minimum atomic E-state index is 0.0131. The summed E-state index contributed by atoms with van der Waals surface area (Å²) in [6.45, 7) is 4.67. The predicted molar refractivity (Wildman–Crippen MR) is 68.6 cm³/mol. The van der Waals surface area contributed by atoms with Gasteiger partial charge in [0, 0.05) is 7.05 Å². The molecule has 1 aromatic heterocycles. The Bertz CT molecular complexity index is 384. The first-order valence-electron chi connectivity index (χ1n) is 6.08. The molecule has 0 saturated heterocycles. The molecule has 3 N–H and O–H groups in total. The number of aromatic nitrogens is 2. The normalized spacial score (nSPS) is 10.5. The van der Waals surface area contributed by atoms with E-state index in [1.807, 2.05) is 6.92 Å². The summed E-state index contributed by atoms with van der Waals surface area (Å²) >= 11 is 0. The van der Waals surface area contributed by atoms with E-state index in [1.54, 1.807) is 11.7 Å². The summed E-state index contributed by atoms with van der Waals surface area (Å²) < 4.78 is 7.32. The molecule has 0 radical (unpaired) electrons. The van der Waals surface area contributed by atoms with Crippen LogP contribution < -0.4 is 10.5 Å². The number of aryl methyl sites for hydroxylation is 2. The Morgan fingerprint density at radius 1 is 1.41 bits per heavy atom. The first-order chi connectivity index (χ1) is 8.07. The second-order valence-corrected chi connectivity index (χ2v) is 4.21.